The Hall–Kier alpha value is -1.91. The first kappa shape index (κ1) is 16.9. The molecule has 0 saturated carbocycles. The summed E-state index contributed by atoms with van der Waals surface area (Å²) in [6.07, 6.45) is 0. The summed E-state index contributed by atoms with van der Waals surface area (Å²) >= 11 is 12.2. The number of carbonyl (C=O) groups excluding carboxylic acids is 1. The molecule has 0 aromatic heterocycles. The summed E-state index contributed by atoms with van der Waals surface area (Å²) in [7, 11) is 1.66. The molecule has 0 unspecified atom stereocenters. The number of hydrogen-bond donors (Lipinski definition) is 0. The van der Waals surface area contributed by atoms with Crippen LogP contribution >= 0.6 is 23.2 Å². The SMILES string of the molecule is COc1cccc(N2CCN(C(=O)c3cccc(Cl)c3Cl)CC2)c1. The van der Waals surface area contributed by atoms with Gasteiger partial charge >= 0.3 is 0 Å². The van der Waals surface area contributed by atoms with Crippen molar-refractivity contribution in [2.75, 3.05) is 38.2 Å². The van der Waals surface area contributed by atoms with Gasteiger partial charge in [-0.05, 0) is 24.3 Å². The van der Waals surface area contributed by atoms with Gasteiger partial charge in [-0.3, -0.25) is 4.79 Å². The van der Waals surface area contributed by atoms with Crippen LogP contribution in [0.25, 0.3) is 0 Å². The number of piperazine rings is 1. The summed E-state index contributed by atoms with van der Waals surface area (Å²) in [5.74, 6) is 0.754. The third-order valence-electron chi connectivity index (χ3n) is 4.17. The first-order valence-electron chi connectivity index (χ1n) is 7.72. The molecule has 1 aliphatic rings. The van der Waals surface area contributed by atoms with Crippen molar-refractivity contribution in [1.82, 2.24) is 4.90 Å². The average Bonchev–Trinajstić information content (AvgIpc) is 2.63. The summed E-state index contributed by atoms with van der Waals surface area (Å²) in [6.45, 7) is 2.80. The van der Waals surface area contributed by atoms with E-state index < -0.39 is 0 Å². The lowest BCUT2D eigenvalue weighted by atomic mass is 10.1. The van der Waals surface area contributed by atoms with Crippen molar-refractivity contribution in [3.8, 4) is 5.75 Å². The van der Waals surface area contributed by atoms with Crippen LogP contribution in [0.2, 0.25) is 10.0 Å². The Kier molecular flexibility index (Phi) is 5.17. The van der Waals surface area contributed by atoms with E-state index in [1.54, 1.807) is 25.3 Å². The molecule has 2 aromatic rings. The Morgan fingerprint density at radius 3 is 2.46 bits per heavy atom. The zero-order chi connectivity index (χ0) is 17.1. The highest BCUT2D eigenvalue weighted by atomic mass is 35.5. The second-order valence-corrected chi connectivity index (χ2v) is 6.37. The quantitative estimate of drug-likeness (QED) is 0.825. The summed E-state index contributed by atoms with van der Waals surface area (Å²) in [4.78, 5) is 16.7. The lowest BCUT2D eigenvalue weighted by molar-refractivity contribution is 0.0747. The molecule has 1 aliphatic heterocycles. The van der Waals surface area contributed by atoms with Crippen molar-refractivity contribution < 1.29 is 9.53 Å². The van der Waals surface area contributed by atoms with E-state index in [2.05, 4.69) is 4.90 Å². The third kappa shape index (κ3) is 3.45. The molecule has 0 bridgehead atoms. The number of rotatable bonds is 3. The average molecular weight is 365 g/mol. The van der Waals surface area contributed by atoms with E-state index in [1.807, 2.05) is 29.2 Å². The fraction of sp³-hybridized carbons (Fsp3) is 0.278. The number of anilines is 1. The van der Waals surface area contributed by atoms with Crippen molar-refractivity contribution in [1.29, 1.82) is 0 Å². The highest BCUT2D eigenvalue weighted by molar-refractivity contribution is 6.43. The number of amides is 1. The van der Waals surface area contributed by atoms with E-state index in [1.165, 1.54) is 0 Å². The number of carbonyl (C=O) groups is 1. The minimum absolute atomic E-state index is 0.0761. The number of benzene rings is 2. The number of nitrogens with zero attached hydrogens (tertiary/aromatic N) is 2. The number of hydrogen-bond acceptors (Lipinski definition) is 3. The molecule has 4 nitrogen and oxygen atoms in total. The third-order valence-corrected chi connectivity index (χ3v) is 4.99. The largest absolute Gasteiger partial charge is 0.497 e. The van der Waals surface area contributed by atoms with Gasteiger partial charge in [-0.15, -0.1) is 0 Å². The fourth-order valence-corrected chi connectivity index (χ4v) is 3.20. The summed E-state index contributed by atoms with van der Waals surface area (Å²) in [5, 5.41) is 0.719. The van der Waals surface area contributed by atoms with E-state index >= 15 is 0 Å². The van der Waals surface area contributed by atoms with Crippen LogP contribution in [0.3, 0.4) is 0 Å². The Bertz CT molecular complexity index is 744. The van der Waals surface area contributed by atoms with Gasteiger partial charge in [0.05, 0.1) is 22.7 Å². The lowest BCUT2D eigenvalue weighted by Gasteiger charge is -2.36. The molecule has 1 fully saturated rings. The summed E-state index contributed by atoms with van der Waals surface area (Å²) in [6, 6.07) is 13.1. The van der Waals surface area contributed by atoms with Crippen LogP contribution in [0.4, 0.5) is 5.69 Å². The van der Waals surface area contributed by atoms with Gasteiger partial charge in [-0.1, -0.05) is 35.3 Å². The molecule has 0 aliphatic carbocycles. The smallest absolute Gasteiger partial charge is 0.255 e. The molecule has 1 saturated heterocycles. The Morgan fingerprint density at radius 1 is 1.04 bits per heavy atom. The van der Waals surface area contributed by atoms with E-state index in [-0.39, 0.29) is 5.91 Å². The fourth-order valence-electron chi connectivity index (χ4n) is 2.81. The van der Waals surface area contributed by atoms with Gasteiger partial charge in [-0.2, -0.15) is 0 Å². The van der Waals surface area contributed by atoms with Crippen molar-refractivity contribution in [3.63, 3.8) is 0 Å². The first-order valence-corrected chi connectivity index (χ1v) is 8.48. The highest BCUT2D eigenvalue weighted by Crippen LogP contribution is 2.27. The van der Waals surface area contributed by atoms with Crippen molar-refractivity contribution in [2.45, 2.75) is 0 Å². The standard InChI is InChI=1S/C18H18Cl2N2O2/c1-24-14-5-2-4-13(12-14)21-8-10-22(11-9-21)18(23)15-6-3-7-16(19)17(15)20/h2-7,12H,8-11H2,1H3. The van der Waals surface area contributed by atoms with Crippen LogP contribution < -0.4 is 9.64 Å². The molecule has 3 rings (SSSR count). The van der Waals surface area contributed by atoms with Crippen LogP contribution in [0.15, 0.2) is 42.5 Å². The number of halogens is 2. The minimum Gasteiger partial charge on any atom is -0.497 e. The number of methoxy groups -OCH3 is 1. The molecule has 0 spiro atoms. The second kappa shape index (κ2) is 7.32. The zero-order valence-corrected chi connectivity index (χ0v) is 14.8. The minimum atomic E-state index is -0.0761. The molecule has 24 heavy (non-hydrogen) atoms. The topological polar surface area (TPSA) is 32.8 Å². The Labute approximate surface area is 151 Å². The van der Waals surface area contributed by atoms with Gasteiger partial charge in [-0.25, -0.2) is 0 Å². The van der Waals surface area contributed by atoms with Gasteiger partial charge in [0, 0.05) is 37.9 Å². The van der Waals surface area contributed by atoms with Gasteiger partial charge in [0.15, 0.2) is 0 Å². The molecule has 126 valence electrons. The summed E-state index contributed by atoms with van der Waals surface area (Å²) in [5.41, 5.74) is 1.56. The van der Waals surface area contributed by atoms with Gasteiger partial charge in [0.2, 0.25) is 0 Å². The predicted molar refractivity (Wildman–Crippen MR) is 97.6 cm³/mol. The van der Waals surface area contributed by atoms with Gasteiger partial charge in [0.25, 0.3) is 5.91 Å². The molecule has 6 heteroatoms. The first-order chi connectivity index (χ1) is 11.6. The van der Waals surface area contributed by atoms with Crippen LogP contribution in [0, 0.1) is 0 Å². The Balaban J connectivity index is 1.68. The van der Waals surface area contributed by atoms with Crippen molar-refractivity contribution >= 4 is 34.8 Å². The van der Waals surface area contributed by atoms with Crippen LogP contribution in [-0.2, 0) is 0 Å². The molecule has 0 radical (unpaired) electrons. The predicted octanol–water partition coefficient (Wildman–Crippen LogP) is 3.96. The van der Waals surface area contributed by atoms with Gasteiger partial charge < -0.3 is 14.5 Å². The highest BCUT2D eigenvalue weighted by Gasteiger charge is 2.24. The maximum Gasteiger partial charge on any atom is 0.255 e. The lowest BCUT2D eigenvalue weighted by Crippen LogP contribution is -2.48. The van der Waals surface area contributed by atoms with Crippen LogP contribution in [-0.4, -0.2) is 44.1 Å². The normalized spacial score (nSPS) is 14.6. The van der Waals surface area contributed by atoms with Crippen molar-refractivity contribution in [3.05, 3.63) is 58.1 Å². The second-order valence-electron chi connectivity index (χ2n) is 5.58. The zero-order valence-electron chi connectivity index (χ0n) is 13.3. The van der Waals surface area contributed by atoms with Crippen molar-refractivity contribution in [2.24, 2.45) is 0 Å². The molecular formula is C18H18Cl2N2O2. The number of ether oxygens (including phenoxy) is 1. The van der Waals surface area contributed by atoms with E-state index in [4.69, 9.17) is 27.9 Å². The molecule has 1 amide bonds. The van der Waals surface area contributed by atoms with E-state index in [0.29, 0.717) is 28.7 Å². The van der Waals surface area contributed by atoms with Gasteiger partial charge in [0.1, 0.15) is 5.75 Å². The molecule has 0 N–H and O–H groups in total. The van der Waals surface area contributed by atoms with Crippen LogP contribution in [0.5, 0.6) is 5.75 Å². The molecule has 2 aromatic carbocycles. The van der Waals surface area contributed by atoms with E-state index in [9.17, 15) is 4.79 Å². The Morgan fingerprint density at radius 2 is 1.75 bits per heavy atom. The molecular weight excluding hydrogens is 347 g/mol. The summed E-state index contributed by atoms with van der Waals surface area (Å²) < 4.78 is 5.27. The van der Waals surface area contributed by atoms with E-state index in [0.717, 1.165) is 24.5 Å². The maximum absolute atomic E-state index is 12.7. The maximum atomic E-state index is 12.7. The molecule has 0 atom stereocenters. The molecule has 1 heterocycles. The van der Waals surface area contributed by atoms with Crippen LogP contribution in [0.1, 0.15) is 10.4 Å². The monoisotopic (exact) mass is 364 g/mol.